The Morgan fingerprint density at radius 3 is 2.92 bits per heavy atom. The normalized spacial score (nSPS) is 18.5. The maximum absolute atomic E-state index is 13.6. The first-order chi connectivity index (χ1) is 12.0. The van der Waals surface area contributed by atoms with Crippen LogP contribution < -0.4 is 10.4 Å². The molecule has 0 N–H and O–H groups in total. The van der Waals surface area contributed by atoms with Gasteiger partial charge in [0.1, 0.15) is 17.4 Å². The van der Waals surface area contributed by atoms with Gasteiger partial charge in [0, 0.05) is 38.2 Å². The van der Waals surface area contributed by atoms with Crippen molar-refractivity contribution in [2.24, 2.45) is 7.05 Å². The van der Waals surface area contributed by atoms with Gasteiger partial charge in [0.05, 0.1) is 7.11 Å². The largest absolute Gasteiger partial charge is 0.496 e. The van der Waals surface area contributed by atoms with Crippen molar-refractivity contribution < 1.29 is 9.13 Å². The summed E-state index contributed by atoms with van der Waals surface area (Å²) in [6, 6.07) is 4.61. The number of halogens is 1. The van der Waals surface area contributed by atoms with E-state index in [1.807, 2.05) is 6.92 Å². The van der Waals surface area contributed by atoms with Crippen LogP contribution in [0.25, 0.3) is 0 Å². The highest BCUT2D eigenvalue weighted by molar-refractivity contribution is 5.34. The van der Waals surface area contributed by atoms with Gasteiger partial charge < -0.3 is 4.74 Å². The number of ether oxygens (including phenoxy) is 1. The van der Waals surface area contributed by atoms with E-state index in [9.17, 15) is 9.18 Å². The predicted octanol–water partition coefficient (Wildman–Crippen LogP) is 2.13. The van der Waals surface area contributed by atoms with Crippen LogP contribution in [-0.2, 0) is 20.1 Å². The van der Waals surface area contributed by atoms with E-state index in [0.717, 1.165) is 37.3 Å². The molecule has 0 spiro atoms. The van der Waals surface area contributed by atoms with Gasteiger partial charge in [-0.15, -0.1) is 0 Å². The zero-order valence-corrected chi connectivity index (χ0v) is 15.0. The molecule has 1 aromatic heterocycles. The van der Waals surface area contributed by atoms with Crippen molar-refractivity contribution in [3.05, 3.63) is 45.9 Å². The van der Waals surface area contributed by atoms with E-state index in [-0.39, 0.29) is 17.4 Å². The molecule has 0 aliphatic carbocycles. The number of likely N-dealkylation sites (tertiary alicyclic amines) is 1. The van der Waals surface area contributed by atoms with E-state index in [4.69, 9.17) is 4.74 Å². The van der Waals surface area contributed by atoms with Gasteiger partial charge in [0.25, 0.3) is 0 Å². The van der Waals surface area contributed by atoms with Crippen molar-refractivity contribution in [2.75, 3.05) is 20.2 Å². The molecular weight excluding hydrogens is 323 g/mol. The third-order valence-corrected chi connectivity index (χ3v) is 4.86. The molecule has 136 valence electrons. The fourth-order valence-corrected chi connectivity index (χ4v) is 3.64. The Labute approximate surface area is 146 Å². The Morgan fingerprint density at radius 1 is 1.40 bits per heavy atom. The Hall–Kier alpha value is -2.15. The number of aromatic nitrogens is 3. The molecule has 2 heterocycles. The number of benzene rings is 1. The van der Waals surface area contributed by atoms with Crippen molar-refractivity contribution >= 4 is 0 Å². The molecule has 1 aliphatic rings. The Morgan fingerprint density at radius 2 is 2.20 bits per heavy atom. The molecule has 0 radical (unpaired) electrons. The average molecular weight is 348 g/mol. The van der Waals surface area contributed by atoms with Crippen LogP contribution in [0.1, 0.15) is 37.1 Å². The molecule has 1 aromatic carbocycles. The van der Waals surface area contributed by atoms with Gasteiger partial charge in [-0.1, -0.05) is 0 Å². The molecule has 1 saturated heterocycles. The molecular formula is C18H25FN4O2. The number of methoxy groups -OCH3 is 1. The zero-order valence-electron chi connectivity index (χ0n) is 15.0. The van der Waals surface area contributed by atoms with Gasteiger partial charge in [-0.25, -0.2) is 13.9 Å². The lowest BCUT2D eigenvalue weighted by Gasteiger charge is -2.32. The second-order valence-corrected chi connectivity index (χ2v) is 6.54. The summed E-state index contributed by atoms with van der Waals surface area (Å²) in [5.41, 5.74) is 0.776. The Bertz CT molecular complexity index is 799. The molecule has 25 heavy (non-hydrogen) atoms. The number of aryl methyl sites for hydroxylation is 1. The quantitative estimate of drug-likeness (QED) is 0.831. The second-order valence-electron chi connectivity index (χ2n) is 6.54. The SMILES string of the molecule is CCn1c([C@H]2CCCN(Cc3cc(F)ccc3OC)C2)nn(C)c1=O. The van der Waals surface area contributed by atoms with Gasteiger partial charge in [-0.3, -0.25) is 9.47 Å². The van der Waals surface area contributed by atoms with Gasteiger partial charge in [-0.05, 0) is 44.5 Å². The number of hydrogen-bond donors (Lipinski definition) is 0. The van der Waals surface area contributed by atoms with Crippen LogP contribution in [-0.4, -0.2) is 39.4 Å². The highest BCUT2D eigenvalue weighted by atomic mass is 19.1. The van der Waals surface area contributed by atoms with Crippen LogP contribution in [0, 0.1) is 5.82 Å². The minimum Gasteiger partial charge on any atom is -0.496 e. The number of nitrogens with zero attached hydrogens (tertiary/aromatic N) is 4. The fourth-order valence-electron chi connectivity index (χ4n) is 3.64. The smallest absolute Gasteiger partial charge is 0.345 e. The summed E-state index contributed by atoms with van der Waals surface area (Å²) in [5, 5.41) is 4.45. The lowest BCUT2D eigenvalue weighted by molar-refractivity contribution is 0.192. The number of piperidine rings is 1. The van der Waals surface area contributed by atoms with E-state index in [2.05, 4.69) is 10.00 Å². The first kappa shape index (κ1) is 17.7. The lowest BCUT2D eigenvalue weighted by Crippen LogP contribution is -2.35. The van der Waals surface area contributed by atoms with E-state index in [1.165, 1.54) is 16.8 Å². The van der Waals surface area contributed by atoms with Crippen molar-refractivity contribution in [1.82, 2.24) is 19.2 Å². The van der Waals surface area contributed by atoms with Gasteiger partial charge in [-0.2, -0.15) is 5.10 Å². The second kappa shape index (κ2) is 7.39. The molecule has 0 unspecified atom stereocenters. The van der Waals surface area contributed by atoms with Crippen LogP contribution in [0.3, 0.4) is 0 Å². The van der Waals surface area contributed by atoms with E-state index >= 15 is 0 Å². The first-order valence-corrected chi connectivity index (χ1v) is 8.72. The van der Waals surface area contributed by atoms with Gasteiger partial charge >= 0.3 is 5.69 Å². The summed E-state index contributed by atoms with van der Waals surface area (Å²) in [4.78, 5) is 14.4. The predicted molar refractivity (Wildman–Crippen MR) is 93.3 cm³/mol. The highest BCUT2D eigenvalue weighted by Gasteiger charge is 2.27. The molecule has 3 rings (SSSR count). The van der Waals surface area contributed by atoms with Crippen LogP contribution in [0.4, 0.5) is 4.39 Å². The monoisotopic (exact) mass is 348 g/mol. The molecule has 1 atom stereocenters. The summed E-state index contributed by atoms with van der Waals surface area (Å²) in [6.45, 7) is 4.96. The molecule has 7 heteroatoms. The topological polar surface area (TPSA) is 52.3 Å². The number of hydrogen-bond acceptors (Lipinski definition) is 4. The van der Waals surface area contributed by atoms with E-state index < -0.39 is 0 Å². The van der Waals surface area contributed by atoms with Crippen LogP contribution in [0.5, 0.6) is 5.75 Å². The number of rotatable bonds is 5. The van der Waals surface area contributed by atoms with Crippen LogP contribution >= 0.6 is 0 Å². The molecule has 1 aliphatic heterocycles. The van der Waals surface area contributed by atoms with Crippen LogP contribution in [0.15, 0.2) is 23.0 Å². The third kappa shape index (κ3) is 3.61. The summed E-state index contributed by atoms with van der Waals surface area (Å²) >= 11 is 0. The van der Waals surface area contributed by atoms with Crippen molar-refractivity contribution in [3.63, 3.8) is 0 Å². The highest BCUT2D eigenvalue weighted by Crippen LogP contribution is 2.28. The molecule has 0 amide bonds. The molecule has 6 nitrogen and oxygen atoms in total. The van der Waals surface area contributed by atoms with Crippen molar-refractivity contribution in [2.45, 2.75) is 38.8 Å². The summed E-state index contributed by atoms with van der Waals surface area (Å²) in [6.07, 6.45) is 2.03. The van der Waals surface area contributed by atoms with Crippen molar-refractivity contribution in [3.8, 4) is 5.75 Å². The standard InChI is InChI=1S/C18H25FN4O2/c1-4-23-17(20-21(2)18(23)24)13-6-5-9-22(11-13)12-14-10-15(19)7-8-16(14)25-3/h7-8,10,13H,4-6,9,11-12H2,1-3H3/t13-/m0/s1. The lowest BCUT2D eigenvalue weighted by atomic mass is 9.96. The fraction of sp³-hybridized carbons (Fsp3) is 0.556. The minimum atomic E-state index is -0.256. The van der Waals surface area contributed by atoms with Crippen molar-refractivity contribution in [1.29, 1.82) is 0 Å². The van der Waals surface area contributed by atoms with E-state index in [1.54, 1.807) is 24.8 Å². The van der Waals surface area contributed by atoms with Gasteiger partial charge in [0.2, 0.25) is 0 Å². The average Bonchev–Trinajstić information content (AvgIpc) is 2.90. The molecule has 0 saturated carbocycles. The molecule has 0 bridgehead atoms. The summed E-state index contributed by atoms with van der Waals surface area (Å²) in [5.74, 6) is 1.51. The van der Waals surface area contributed by atoms with Gasteiger partial charge in [0.15, 0.2) is 0 Å². The molecule has 1 fully saturated rings. The maximum atomic E-state index is 13.6. The summed E-state index contributed by atoms with van der Waals surface area (Å²) < 4.78 is 22.1. The van der Waals surface area contributed by atoms with E-state index in [0.29, 0.717) is 18.8 Å². The molecule has 2 aromatic rings. The third-order valence-electron chi connectivity index (χ3n) is 4.86. The maximum Gasteiger partial charge on any atom is 0.345 e. The minimum absolute atomic E-state index is 0.0681. The first-order valence-electron chi connectivity index (χ1n) is 8.72. The van der Waals surface area contributed by atoms with Crippen LogP contribution in [0.2, 0.25) is 0 Å². The Balaban J connectivity index is 1.79. The Kier molecular flexibility index (Phi) is 5.22. The zero-order chi connectivity index (χ0) is 18.0. The summed E-state index contributed by atoms with van der Waals surface area (Å²) in [7, 11) is 3.29.